The van der Waals surface area contributed by atoms with Crippen LogP contribution < -0.4 is 5.32 Å². The number of nitrogens with zero attached hydrogens (tertiary/aromatic N) is 4. The van der Waals surface area contributed by atoms with Gasteiger partial charge < -0.3 is 15.5 Å². The van der Waals surface area contributed by atoms with E-state index in [1.54, 1.807) is 103 Å². The highest BCUT2D eigenvalue weighted by Crippen LogP contribution is 2.44. The number of aryl methyl sites for hydroxylation is 1. The molecule has 0 aromatic heterocycles. The quantitative estimate of drug-likeness (QED) is 0.103. The average Bonchev–Trinajstić information content (AvgIpc) is 3.52. The standard InChI is InChI=1S/C48H30ClN5O5/c1-26-9-8-12-29(21-26)50-48(59)40-23-28-11-3-5-14-33(28)43(47(40)58)54-52-31-18-20-35-34-19-17-30(24-37(34)45(56)38(35)25-31)51-53-42-32-13-4-2-10-27(32)22-39(46(42)57)44(55)36-15-6-7-16-41(36)49/h2-25,57-58H,1H3,(H,50,59). The summed E-state index contributed by atoms with van der Waals surface area (Å²) in [5, 5.41) is 46.0. The Morgan fingerprint density at radius 3 is 1.68 bits per heavy atom. The van der Waals surface area contributed by atoms with Crippen LogP contribution in [-0.2, 0) is 0 Å². The molecule has 0 aliphatic heterocycles. The van der Waals surface area contributed by atoms with Crippen LogP contribution in [0.3, 0.4) is 0 Å². The number of amides is 1. The molecule has 10 nitrogen and oxygen atoms in total. The van der Waals surface area contributed by atoms with Crippen molar-refractivity contribution in [2.75, 3.05) is 5.32 Å². The van der Waals surface area contributed by atoms with Crippen LogP contribution in [0.15, 0.2) is 166 Å². The van der Waals surface area contributed by atoms with Gasteiger partial charge >= 0.3 is 0 Å². The molecule has 8 aromatic carbocycles. The summed E-state index contributed by atoms with van der Waals surface area (Å²) < 4.78 is 0. The number of nitrogens with one attached hydrogen (secondary N) is 1. The molecular weight excluding hydrogens is 762 g/mol. The van der Waals surface area contributed by atoms with Crippen LogP contribution in [0.25, 0.3) is 32.7 Å². The lowest BCUT2D eigenvalue weighted by Gasteiger charge is -2.11. The Bertz CT molecular complexity index is 3160. The number of azo groups is 2. The summed E-state index contributed by atoms with van der Waals surface area (Å²) in [6, 6.07) is 41.8. The van der Waals surface area contributed by atoms with Crippen LogP contribution in [0.2, 0.25) is 5.02 Å². The number of aromatic hydroxyl groups is 2. The normalized spacial score (nSPS) is 12.1. The highest BCUT2D eigenvalue weighted by molar-refractivity contribution is 6.35. The number of benzene rings is 8. The van der Waals surface area contributed by atoms with Gasteiger partial charge in [-0.05, 0) is 95.1 Å². The number of rotatable bonds is 8. The Labute approximate surface area is 341 Å². The first kappa shape index (κ1) is 36.8. The smallest absolute Gasteiger partial charge is 0.259 e. The number of phenols is 2. The zero-order valence-corrected chi connectivity index (χ0v) is 31.9. The van der Waals surface area contributed by atoms with Crippen molar-refractivity contribution in [3.8, 4) is 22.6 Å². The van der Waals surface area contributed by atoms with E-state index >= 15 is 0 Å². The second-order valence-electron chi connectivity index (χ2n) is 14.0. The third-order valence-corrected chi connectivity index (χ3v) is 10.5. The first-order chi connectivity index (χ1) is 28.6. The lowest BCUT2D eigenvalue weighted by molar-refractivity contribution is 0.101. The molecule has 1 aliphatic carbocycles. The van der Waals surface area contributed by atoms with Crippen molar-refractivity contribution in [2.24, 2.45) is 20.5 Å². The molecule has 11 heteroatoms. The van der Waals surface area contributed by atoms with Gasteiger partial charge in [0.2, 0.25) is 0 Å². The van der Waals surface area contributed by atoms with Gasteiger partial charge in [0.25, 0.3) is 5.91 Å². The van der Waals surface area contributed by atoms with Crippen LogP contribution in [0.5, 0.6) is 11.5 Å². The van der Waals surface area contributed by atoms with Gasteiger partial charge in [-0.3, -0.25) is 14.4 Å². The average molecular weight is 792 g/mol. The Morgan fingerprint density at radius 1 is 0.542 bits per heavy atom. The molecule has 9 rings (SSSR count). The van der Waals surface area contributed by atoms with Gasteiger partial charge in [-0.15, -0.1) is 10.2 Å². The number of ketones is 2. The van der Waals surface area contributed by atoms with Gasteiger partial charge in [0.1, 0.15) is 11.4 Å². The number of phenolic OH excluding ortho intramolecular Hbond substituents is 2. The molecule has 284 valence electrons. The van der Waals surface area contributed by atoms with Crippen LogP contribution in [0.4, 0.5) is 28.4 Å². The number of anilines is 1. The maximum Gasteiger partial charge on any atom is 0.259 e. The fourth-order valence-corrected chi connectivity index (χ4v) is 7.51. The Balaban J connectivity index is 1.01. The number of carbonyl (C=O) groups is 3. The Hall–Kier alpha value is -7.82. The van der Waals surface area contributed by atoms with E-state index in [2.05, 4.69) is 25.8 Å². The Morgan fingerprint density at radius 2 is 1.08 bits per heavy atom. The molecule has 0 radical (unpaired) electrons. The van der Waals surface area contributed by atoms with Crippen LogP contribution in [0.1, 0.15) is 47.8 Å². The minimum absolute atomic E-state index is 0.0259. The summed E-state index contributed by atoms with van der Waals surface area (Å²) in [5.74, 6) is -1.90. The molecule has 0 fully saturated rings. The van der Waals surface area contributed by atoms with Gasteiger partial charge in [-0.1, -0.05) is 96.5 Å². The Kier molecular flexibility index (Phi) is 9.31. The molecule has 0 unspecified atom stereocenters. The van der Waals surface area contributed by atoms with Gasteiger partial charge in [0.15, 0.2) is 23.1 Å². The minimum Gasteiger partial charge on any atom is -0.505 e. The van der Waals surface area contributed by atoms with E-state index in [9.17, 15) is 24.6 Å². The number of carbonyl (C=O) groups excluding carboxylic acids is 3. The summed E-state index contributed by atoms with van der Waals surface area (Å²) in [7, 11) is 0. The molecule has 0 spiro atoms. The number of hydrogen-bond donors (Lipinski definition) is 3. The second kappa shape index (κ2) is 14.9. The molecule has 0 saturated heterocycles. The summed E-state index contributed by atoms with van der Waals surface area (Å²) in [6.07, 6.45) is 0. The van der Waals surface area contributed by atoms with Crippen molar-refractivity contribution in [2.45, 2.75) is 6.92 Å². The van der Waals surface area contributed by atoms with E-state index in [-0.39, 0.29) is 50.4 Å². The fraction of sp³-hybridized carbons (Fsp3) is 0.0208. The first-order valence-corrected chi connectivity index (χ1v) is 18.9. The van der Waals surface area contributed by atoms with Crippen molar-refractivity contribution in [1.82, 2.24) is 0 Å². The van der Waals surface area contributed by atoms with E-state index in [1.807, 2.05) is 49.4 Å². The largest absolute Gasteiger partial charge is 0.505 e. The molecule has 0 heterocycles. The van der Waals surface area contributed by atoms with E-state index in [1.165, 1.54) is 0 Å². The molecule has 3 N–H and O–H groups in total. The fourth-order valence-electron chi connectivity index (χ4n) is 7.29. The van der Waals surface area contributed by atoms with Crippen molar-refractivity contribution in [3.05, 3.63) is 184 Å². The first-order valence-electron chi connectivity index (χ1n) is 18.5. The third kappa shape index (κ3) is 6.77. The minimum atomic E-state index is -0.503. The van der Waals surface area contributed by atoms with Gasteiger partial charge in [-0.25, -0.2) is 0 Å². The lowest BCUT2D eigenvalue weighted by atomic mass is 9.97. The summed E-state index contributed by atoms with van der Waals surface area (Å²) in [4.78, 5) is 40.8. The van der Waals surface area contributed by atoms with Crippen LogP contribution >= 0.6 is 11.6 Å². The zero-order chi connectivity index (χ0) is 40.8. The van der Waals surface area contributed by atoms with Crippen LogP contribution in [0, 0.1) is 6.92 Å². The number of halogens is 1. The summed E-state index contributed by atoms with van der Waals surface area (Å²) >= 11 is 6.32. The van der Waals surface area contributed by atoms with Crippen molar-refractivity contribution < 1.29 is 24.6 Å². The number of hydrogen-bond acceptors (Lipinski definition) is 9. The second-order valence-corrected chi connectivity index (χ2v) is 14.4. The highest BCUT2D eigenvalue weighted by atomic mass is 35.5. The van der Waals surface area contributed by atoms with Crippen molar-refractivity contribution in [3.63, 3.8) is 0 Å². The molecular formula is C48H30ClN5O5. The van der Waals surface area contributed by atoms with Crippen molar-refractivity contribution in [1.29, 1.82) is 0 Å². The lowest BCUT2D eigenvalue weighted by Crippen LogP contribution is -2.12. The molecule has 1 amide bonds. The third-order valence-electron chi connectivity index (χ3n) is 10.2. The van der Waals surface area contributed by atoms with Crippen LogP contribution in [-0.4, -0.2) is 27.7 Å². The molecule has 1 aliphatic rings. The molecule has 0 bridgehead atoms. The summed E-state index contributed by atoms with van der Waals surface area (Å²) in [6.45, 7) is 1.92. The SMILES string of the molecule is Cc1cccc(NC(=O)c2cc3ccccc3c(N=Nc3ccc4c(c3)C(=O)c3cc(N=Nc5c(O)c(C(=O)c6ccccc6Cl)cc6ccccc56)ccc3-4)c2O)c1. The van der Waals surface area contributed by atoms with E-state index < -0.39 is 11.7 Å². The monoisotopic (exact) mass is 791 g/mol. The molecule has 0 saturated carbocycles. The van der Waals surface area contributed by atoms with E-state index in [0.717, 1.165) is 5.56 Å². The molecule has 8 aromatic rings. The molecule has 59 heavy (non-hydrogen) atoms. The van der Waals surface area contributed by atoms with Gasteiger partial charge in [-0.2, -0.15) is 10.2 Å². The zero-order valence-electron chi connectivity index (χ0n) is 31.1. The topological polar surface area (TPSA) is 153 Å². The summed E-state index contributed by atoms with van der Waals surface area (Å²) in [5.41, 5.74) is 4.98. The predicted molar refractivity (Wildman–Crippen MR) is 229 cm³/mol. The van der Waals surface area contributed by atoms with E-state index in [4.69, 9.17) is 11.6 Å². The molecule has 0 atom stereocenters. The number of fused-ring (bicyclic) bond motifs is 5. The maximum absolute atomic E-state index is 13.9. The van der Waals surface area contributed by atoms with Gasteiger partial charge in [0, 0.05) is 33.2 Å². The maximum atomic E-state index is 13.9. The van der Waals surface area contributed by atoms with E-state index in [0.29, 0.717) is 60.9 Å². The highest BCUT2D eigenvalue weighted by Gasteiger charge is 2.28. The van der Waals surface area contributed by atoms with Crippen molar-refractivity contribution >= 4 is 79.1 Å². The van der Waals surface area contributed by atoms with Gasteiger partial charge in [0.05, 0.1) is 27.5 Å². The predicted octanol–water partition coefficient (Wildman–Crippen LogP) is 12.9.